The molecule has 0 saturated carbocycles. The zero-order valence-corrected chi connectivity index (χ0v) is 16.9. The number of carbonyl (C=O) groups excluding carboxylic acids is 2. The van der Waals surface area contributed by atoms with Crippen LogP contribution >= 0.6 is 11.3 Å². The van der Waals surface area contributed by atoms with Crippen LogP contribution in [-0.2, 0) is 16.0 Å². The summed E-state index contributed by atoms with van der Waals surface area (Å²) < 4.78 is 11.0. The van der Waals surface area contributed by atoms with Crippen molar-refractivity contribution in [1.29, 1.82) is 0 Å². The minimum absolute atomic E-state index is 0.0136. The Morgan fingerprint density at radius 2 is 2.07 bits per heavy atom. The van der Waals surface area contributed by atoms with Crippen LogP contribution in [0.4, 0.5) is 10.8 Å². The molecule has 1 aromatic heterocycles. The fourth-order valence-electron chi connectivity index (χ4n) is 3.60. The lowest BCUT2D eigenvalue weighted by atomic mass is 10.1. The molecule has 7 nitrogen and oxygen atoms in total. The number of rotatable bonds is 5. The smallest absolute Gasteiger partial charge is 0.265 e. The van der Waals surface area contributed by atoms with E-state index in [4.69, 9.17) is 9.47 Å². The Morgan fingerprint density at radius 3 is 3.00 bits per heavy atom. The number of para-hydroxylation sites is 2. The number of fused-ring (bicyclic) bond motifs is 2. The highest BCUT2D eigenvalue weighted by atomic mass is 32.1. The van der Waals surface area contributed by atoms with E-state index in [-0.39, 0.29) is 31.4 Å². The van der Waals surface area contributed by atoms with E-state index in [0.717, 1.165) is 23.4 Å². The van der Waals surface area contributed by atoms with Crippen LogP contribution in [0, 0.1) is 0 Å². The molecule has 2 aromatic carbocycles. The highest BCUT2D eigenvalue weighted by molar-refractivity contribution is 7.14. The maximum atomic E-state index is 12.4. The molecule has 30 heavy (non-hydrogen) atoms. The van der Waals surface area contributed by atoms with E-state index in [9.17, 15) is 9.59 Å². The quantitative estimate of drug-likeness (QED) is 0.682. The molecule has 0 fully saturated rings. The van der Waals surface area contributed by atoms with Gasteiger partial charge in [0.1, 0.15) is 11.5 Å². The van der Waals surface area contributed by atoms with Gasteiger partial charge in [0.15, 0.2) is 11.7 Å². The van der Waals surface area contributed by atoms with Crippen molar-refractivity contribution in [2.75, 3.05) is 30.0 Å². The van der Waals surface area contributed by atoms with Gasteiger partial charge in [-0.1, -0.05) is 12.1 Å². The van der Waals surface area contributed by atoms with Crippen LogP contribution in [0.15, 0.2) is 47.8 Å². The monoisotopic (exact) mass is 421 g/mol. The van der Waals surface area contributed by atoms with Crippen molar-refractivity contribution >= 4 is 34.0 Å². The molecule has 152 valence electrons. The first-order chi connectivity index (χ1) is 14.7. The lowest BCUT2D eigenvalue weighted by molar-refractivity contribution is -0.121. The second-order valence-corrected chi connectivity index (χ2v) is 7.92. The number of aromatic nitrogens is 1. The zero-order valence-electron chi connectivity index (χ0n) is 16.1. The van der Waals surface area contributed by atoms with Gasteiger partial charge < -0.3 is 19.7 Å². The molecule has 2 aliphatic heterocycles. The maximum absolute atomic E-state index is 12.4. The largest absolute Gasteiger partial charge is 0.493 e. The van der Waals surface area contributed by atoms with Crippen LogP contribution < -0.4 is 19.7 Å². The summed E-state index contributed by atoms with van der Waals surface area (Å²) in [5, 5.41) is 5.30. The van der Waals surface area contributed by atoms with Crippen molar-refractivity contribution in [2.45, 2.75) is 12.8 Å². The molecular weight excluding hydrogens is 402 g/mol. The summed E-state index contributed by atoms with van der Waals surface area (Å²) in [6.07, 6.45) is 1.07. The van der Waals surface area contributed by atoms with Crippen molar-refractivity contribution in [3.8, 4) is 22.8 Å². The van der Waals surface area contributed by atoms with Crippen LogP contribution in [0.1, 0.15) is 12.0 Å². The molecule has 0 aliphatic carbocycles. The molecule has 0 saturated heterocycles. The molecule has 0 atom stereocenters. The summed E-state index contributed by atoms with van der Waals surface area (Å²) >= 11 is 1.38. The molecule has 3 heterocycles. The first-order valence-corrected chi connectivity index (χ1v) is 10.6. The third-order valence-corrected chi connectivity index (χ3v) is 5.86. The zero-order chi connectivity index (χ0) is 20.5. The number of nitrogens with zero attached hydrogens (tertiary/aromatic N) is 2. The van der Waals surface area contributed by atoms with Crippen molar-refractivity contribution in [1.82, 2.24) is 4.98 Å². The normalized spacial score (nSPS) is 14.5. The van der Waals surface area contributed by atoms with E-state index in [1.807, 2.05) is 41.8 Å². The molecule has 2 aliphatic rings. The topological polar surface area (TPSA) is 80.8 Å². The van der Waals surface area contributed by atoms with Gasteiger partial charge in [-0.15, -0.1) is 11.3 Å². The molecule has 5 rings (SSSR count). The Bertz CT molecular complexity index is 1130. The van der Waals surface area contributed by atoms with E-state index < -0.39 is 0 Å². The van der Waals surface area contributed by atoms with Gasteiger partial charge in [-0.2, -0.15) is 0 Å². The average molecular weight is 421 g/mol. The Morgan fingerprint density at radius 1 is 1.17 bits per heavy atom. The Kier molecular flexibility index (Phi) is 4.84. The standard InChI is InChI=1S/C22H19N3O4S/c26-20(7-9-25-17-3-1-2-4-19(17)29-12-21(25)27)24-22-23-16(13-30-22)14-5-6-18-15(11-14)8-10-28-18/h1-6,11,13H,7-10,12H2,(H,23,24,26). The van der Waals surface area contributed by atoms with Crippen molar-refractivity contribution < 1.29 is 19.1 Å². The SMILES string of the molecule is O=C(CCN1C(=O)COc2ccccc21)Nc1nc(-c2ccc3c(c2)CCO3)cs1. The fourth-order valence-corrected chi connectivity index (χ4v) is 4.34. The van der Waals surface area contributed by atoms with Crippen LogP contribution in [0.25, 0.3) is 11.3 Å². The first-order valence-electron chi connectivity index (χ1n) is 9.71. The summed E-state index contributed by atoms with van der Waals surface area (Å²) in [4.78, 5) is 30.8. The summed E-state index contributed by atoms with van der Waals surface area (Å²) in [6.45, 7) is 0.988. The molecule has 2 amide bonds. The van der Waals surface area contributed by atoms with E-state index in [0.29, 0.717) is 23.2 Å². The van der Waals surface area contributed by atoms with Gasteiger partial charge in [0, 0.05) is 30.3 Å². The highest BCUT2D eigenvalue weighted by Gasteiger charge is 2.25. The van der Waals surface area contributed by atoms with Gasteiger partial charge in [-0.25, -0.2) is 4.98 Å². The van der Waals surface area contributed by atoms with E-state index >= 15 is 0 Å². The van der Waals surface area contributed by atoms with Crippen molar-refractivity contribution in [3.05, 3.63) is 53.4 Å². The fraction of sp³-hybridized carbons (Fsp3) is 0.227. The van der Waals surface area contributed by atoms with Crippen LogP contribution in [0.5, 0.6) is 11.5 Å². The van der Waals surface area contributed by atoms with Gasteiger partial charge in [-0.3, -0.25) is 9.59 Å². The second kappa shape index (κ2) is 7.79. The molecule has 3 aromatic rings. The second-order valence-electron chi connectivity index (χ2n) is 7.06. The number of hydrogen-bond acceptors (Lipinski definition) is 6. The summed E-state index contributed by atoms with van der Waals surface area (Å²) in [5.41, 5.74) is 3.70. The molecule has 1 N–H and O–H groups in total. The summed E-state index contributed by atoms with van der Waals surface area (Å²) in [6, 6.07) is 13.4. The van der Waals surface area contributed by atoms with Gasteiger partial charge in [-0.05, 0) is 35.9 Å². The Hall–Kier alpha value is -3.39. The third-order valence-electron chi connectivity index (χ3n) is 5.11. The summed E-state index contributed by atoms with van der Waals surface area (Å²) in [5.74, 6) is 1.25. The minimum Gasteiger partial charge on any atom is -0.493 e. The number of anilines is 2. The van der Waals surface area contributed by atoms with Gasteiger partial charge in [0.25, 0.3) is 5.91 Å². The van der Waals surface area contributed by atoms with E-state index in [2.05, 4.69) is 16.4 Å². The van der Waals surface area contributed by atoms with Gasteiger partial charge >= 0.3 is 0 Å². The lowest BCUT2D eigenvalue weighted by Crippen LogP contribution is -2.40. The Balaban J connectivity index is 1.22. The average Bonchev–Trinajstić information content (AvgIpc) is 3.42. The first kappa shape index (κ1) is 18.6. The minimum atomic E-state index is -0.185. The number of ether oxygens (including phenoxy) is 2. The predicted octanol–water partition coefficient (Wildman–Crippen LogP) is 3.50. The van der Waals surface area contributed by atoms with Crippen LogP contribution in [-0.4, -0.2) is 36.6 Å². The summed E-state index contributed by atoms with van der Waals surface area (Å²) in [7, 11) is 0. The van der Waals surface area contributed by atoms with Gasteiger partial charge in [0.05, 0.1) is 18.0 Å². The number of benzene rings is 2. The number of carbonyl (C=O) groups is 2. The van der Waals surface area contributed by atoms with Gasteiger partial charge in [0.2, 0.25) is 5.91 Å². The molecule has 0 radical (unpaired) electrons. The van der Waals surface area contributed by atoms with E-state index in [1.54, 1.807) is 4.90 Å². The number of amides is 2. The maximum Gasteiger partial charge on any atom is 0.265 e. The molecule has 0 bridgehead atoms. The van der Waals surface area contributed by atoms with Crippen LogP contribution in [0.2, 0.25) is 0 Å². The lowest BCUT2D eigenvalue weighted by Gasteiger charge is -2.29. The molecule has 0 unspecified atom stereocenters. The molecule has 8 heteroatoms. The molecule has 0 spiro atoms. The molecular formula is C22H19N3O4S. The number of nitrogens with one attached hydrogen (secondary N) is 1. The van der Waals surface area contributed by atoms with E-state index in [1.165, 1.54) is 16.9 Å². The van der Waals surface area contributed by atoms with Crippen molar-refractivity contribution in [2.24, 2.45) is 0 Å². The number of hydrogen-bond donors (Lipinski definition) is 1. The van der Waals surface area contributed by atoms with Crippen LogP contribution in [0.3, 0.4) is 0 Å². The van der Waals surface area contributed by atoms with Crippen molar-refractivity contribution in [3.63, 3.8) is 0 Å². The Labute approximate surface area is 177 Å². The predicted molar refractivity (Wildman–Crippen MR) is 114 cm³/mol. The number of thiazole rings is 1. The highest BCUT2D eigenvalue weighted by Crippen LogP contribution is 2.33. The third kappa shape index (κ3) is 3.61.